The fourth-order valence-corrected chi connectivity index (χ4v) is 4.33. The molecule has 29 heavy (non-hydrogen) atoms. The van der Waals surface area contributed by atoms with E-state index in [1.54, 1.807) is 18.2 Å². The van der Waals surface area contributed by atoms with Crippen molar-refractivity contribution in [2.45, 2.75) is 23.7 Å². The van der Waals surface area contributed by atoms with Crippen LogP contribution in [0.4, 0.5) is 0 Å². The van der Waals surface area contributed by atoms with Crippen molar-refractivity contribution in [3.63, 3.8) is 0 Å². The molecular formula is C22H24N2O4S. The first kappa shape index (κ1) is 20.8. The minimum atomic E-state index is -3.57. The number of nitrogens with one attached hydrogen (secondary N) is 1. The first-order valence-corrected chi connectivity index (χ1v) is 10.9. The highest BCUT2D eigenvalue weighted by atomic mass is 32.2. The number of nitrogens with zero attached hydrogens (tertiary/aromatic N) is 1. The summed E-state index contributed by atoms with van der Waals surface area (Å²) in [6, 6.07) is 17.6. The predicted octanol–water partition coefficient (Wildman–Crippen LogP) is 3.25. The summed E-state index contributed by atoms with van der Waals surface area (Å²) in [5.41, 5.74) is 2.48. The minimum Gasteiger partial charge on any atom is -0.459 e. The Morgan fingerprint density at radius 1 is 0.966 bits per heavy atom. The van der Waals surface area contributed by atoms with Crippen molar-refractivity contribution in [3.05, 3.63) is 89.4 Å². The largest absolute Gasteiger partial charge is 0.459 e. The molecule has 7 heteroatoms. The molecule has 0 aliphatic rings. The Morgan fingerprint density at radius 2 is 1.62 bits per heavy atom. The number of hydrogen-bond donors (Lipinski definition) is 1. The van der Waals surface area contributed by atoms with E-state index < -0.39 is 15.7 Å². The highest BCUT2D eigenvalue weighted by molar-refractivity contribution is 7.90. The molecule has 3 rings (SSSR count). The molecule has 1 aromatic heterocycles. The normalized spacial score (nSPS) is 11.6. The molecule has 0 atom stereocenters. The number of carbonyl (C=O) groups is 1. The zero-order chi connectivity index (χ0) is 20.9. The molecule has 0 bridgehead atoms. The zero-order valence-electron chi connectivity index (χ0n) is 16.5. The molecule has 6 nitrogen and oxygen atoms in total. The second kappa shape index (κ2) is 9.07. The number of hydrogen-bond acceptors (Lipinski definition) is 5. The second-order valence-corrected chi connectivity index (χ2v) is 9.07. The summed E-state index contributed by atoms with van der Waals surface area (Å²) in [6.45, 7) is 1.17. The molecule has 0 saturated heterocycles. The molecule has 0 fully saturated rings. The Morgan fingerprint density at radius 3 is 2.28 bits per heavy atom. The number of sulfone groups is 1. The van der Waals surface area contributed by atoms with Crippen molar-refractivity contribution in [2.24, 2.45) is 0 Å². The van der Waals surface area contributed by atoms with Gasteiger partial charge in [-0.15, -0.1) is 0 Å². The van der Waals surface area contributed by atoms with Gasteiger partial charge in [-0.3, -0.25) is 4.79 Å². The van der Waals surface area contributed by atoms with Crippen LogP contribution in [0, 0.1) is 0 Å². The van der Waals surface area contributed by atoms with E-state index in [0.717, 1.165) is 12.1 Å². The van der Waals surface area contributed by atoms with Crippen molar-refractivity contribution in [3.8, 4) is 0 Å². The molecule has 2 aromatic carbocycles. The second-order valence-electron chi connectivity index (χ2n) is 7.08. The van der Waals surface area contributed by atoms with Crippen molar-refractivity contribution in [2.75, 3.05) is 14.1 Å². The van der Waals surface area contributed by atoms with E-state index in [-0.39, 0.29) is 16.4 Å². The molecular weight excluding hydrogens is 388 g/mol. The van der Waals surface area contributed by atoms with Crippen LogP contribution >= 0.6 is 0 Å². The highest BCUT2D eigenvalue weighted by Crippen LogP contribution is 2.20. The topological polar surface area (TPSA) is 79.6 Å². The van der Waals surface area contributed by atoms with E-state index in [0.29, 0.717) is 12.1 Å². The maximum Gasteiger partial charge on any atom is 0.287 e. The summed E-state index contributed by atoms with van der Waals surface area (Å²) in [4.78, 5) is 14.8. The average Bonchev–Trinajstić information content (AvgIpc) is 3.15. The fourth-order valence-electron chi connectivity index (χ4n) is 2.95. The van der Waals surface area contributed by atoms with Crippen LogP contribution in [0.3, 0.4) is 0 Å². The highest BCUT2D eigenvalue weighted by Gasteiger charge is 2.22. The van der Waals surface area contributed by atoms with Gasteiger partial charge in [0.15, 0.2) is 15.6 Å². The van der Waals surface area contributed by atoms with Gasteiger partial charge in [0.25, 0.3) is 5.91 Å². The van der Waals surface area contributed by atoms with Crippen molar-refractivity contribution >= 4 is 15.7 Å². The molecule has 0 spiro atoms. The Kier molecular flexibility index (Phi) is 6.51. The van der Waals surface area contributed by atoms with E-state index in [1.165, 1.54) is 30.0 Å². The Labute approximate surface area is 171 Å². The maximum atomic E-state index is 12.6. The SMILES string of the molecule is CN(C)Cc1ccc(CNC(=O)c2occc2CS(=O)(=O)c2ccccc2)cc1. The minimum absolute atomic E-state index is 0.0220. The standard InChI is InChI=1S/C22H24N2O4S/c1-24(2)15-18-10-8-17(9-11-18)14-23-22(25)21-19(12-13-28-21)16-29(26,27)20-6-4-3-5-7-20/h3-13H,14-16H2,1-2H3,(H,23,25). The zero-order valence-corrected chi connectivity index (χ0v) is 17.3. The van der Waals surface area contributed by atoms with Crippen LogP contribution in [-0.4, -0.2) is 33.3 Å². The first-order valence-electron chi connectivity index (χ1n) is 9.20. The van der Waals surface area contributed by atoms with Gasteiger partial charge in [0, 0.05) is 18.7 Å². The molecule has 1 amide bonds. The van der Waals surface area contributed by atoms with Crippen LogP contribution in [0.1, 0.15) is 27.2 Å². The molecule has 1 N–H and O–H groups in total. The smallest absolute Gasteiger partial charge is 0.287 e. The molecule has 0 radical (unpaired) electrons. The van der Waals surface area contributed by atoms with E-state index >= 15 is 0 Å². The van der Waals surface area contributed by atoms with Crippen LogP contribution in [0.2, 0.25) is 0 Å². The molecule has 0 saturated carbocycles. The lowest BCUT2D eigenvalue weighted by Gasteiger charge is -2.10. The number of rotatable bonds is 8. The van der Waals surface area contributed by atoms with Gasteiger partial charge in [0.2, 0.25) is 0 Å². The van der Waals surface area contributed by atoms with Gasteiger partial charge in [0.1, 0.15) is 0 Å². The molecule has 3 aromatic rings. The number of furan rings is 1. The van der Waals surface area contributed by atoms with Crippen LogP contribution in [0.25, 0.3) is 0 Å². The van der Waals surface area contributed by atoms with Crippen LogP contribution in [0.15, 0.2) is 76.2 Å². The lowest BCUT2D eigenvalue weighted by Crippen LogP contribution is -2.23. The van der Waals surface area contributed by atoms with Crippen molar-refractivity contribution < 1.29 is 17.6 Å². The Bertz CT molecular complexity index is 1060. The fraction of sp³-hybridized carbons (Fsp3) is 0.227. The van der Waals surface area contributed by atoms with E-state index in [9.17, 15) is 13.2 Å². The van der Waals surface area contributed by atoms with Gasteiger partial charge < -0.3 is 14.6 Å². The number of amides is 1. The summed E-state index contributed by atoms with van der Waals surface area (Å²) < 4.78 is 30.4. The summed E-state index contributed by atoms with van der Waals surface area (Å²) >= 11 is 0. The third kappa shape index (κ3) is 5.56. The van der Waals surface area contributed by atoms with Gasteiger partial charge in [-0.05, 0) is 43.4 Å². The monoisotopic (exact) mass is 412 g/mol. The maximum absolute atomic E-state index is 12.6. The van der Waals surface area contributed by atoms with Crippen molar-refractivity contribution in [1.29, 1.82) is 0 Å². The van der Waals surface area contributed by atoms with E-state index in [4.69, 9.17) is 4.42 Å². The van der Waals surface area contributed by atoms with Crippen LogP contribution < -0.4 is 5.32 Å². The van der Waals surface area contributed by atoms with Gasteiger partial charge in [-0.1, -0.05) is 42.5 Å². The number of carbonyl (C=O) groups excluding carboxylic acids is 1. The Hall–Kier alpha value is -2.90. The molecule has 0 unspecified atom stereocenters. The Balaban J connectivity index is 1.65. The number of benzene rings is 2. The summed E-state index contributed by atoms with van der Waals surface area (Å²) in [7, 11) is 0.449. The molecule has 0 aliphatic heterocycles. The average molecular weight is 413 g/mol. The van der Waals surface area contributed by atoms with Gasteiger partial charge >= 0.3 is 0 Å². The predicted molar refractivity (Wildman–Crippen MR) is 111 cm³/mol. The summed E-state index contributed by atoms with van der Waals surface area (Å²) in [5, 5.41) is 2.79. The van der Waals surface area contributed by atoms with Gasteiger partial charge in [0.05, 0.1) is 16.9 Å². The first-order chi connectivity index (χ1) is 13.8. The molecule has 152 valence electrons. The third-order valence-electron chi connectivity index (χ3n) is 4.38. The van der Waals surface area contributed by atoms with Crippen LogP contribution in [0.5, 0.6) is 0 Å². The van der Waals surface area contributed by atoms with Gasteiger partial charge in [-0.25, -0.2) is 8.42 Å². The lowest BCUT2D eigenvalue weighted by atomic mass is 10.1. The lowest BCUT2D eigenvalue weighted by molar-refractivity contribution is 0.0922. The summed E-state index contributed by atoms with van der Waals surface area (Å²) in [6.07, 6.45) is 1.33. The molecule has 0 aliphatic carbocycles. The summed E-state index contributed by atoms with van der Waals surface area (Å²) in [5.74, 6) is -0.713. The third-order valence-corrected chi connectivity index (χ3v) is 6.06. The van der Waals surface area contributed by atoms with E-state index in [1.807, 2.05) is 38.4 Å². The van der Waals surface area contributed by atoms with E-state index in [2.05, 4.69) is 10.2 Å². The van der Waals surface area contributed by atoms with Crippen molar-refractivity contribution in [1.82, 2.24) is 10.2 Å². The quantitative estimate of drug-likeness (QED) is 0.614. The molecule has 1 heterocycles. The van der Waals surface area contributed by atoms with Gasteiger partial charge in [-0.2, -0.15) is 0 Å². The van der Waals surface area contributed by atoms with Crippen LogP contribution in [-0.2, 0) is 28.7 Å².